The van der Waals surface area contributed by atoms with Gasteiger partial charge in [0.2, 0.25) is 0 Å². The highest BCUT2D eigenvalue weighted by Gasteiger charge is 2.19. The topological polar surface area (TPSA) is 12.0 Å². The van der Waals surface area contributed by atoms with Crippen LogP contribution in [0.15, 0.2) is 0 Å². The molecule has 1 heteroatoms. The Labute approximate surface area is 96.0 Å². The Kier molecular flexibility index (Phi) is 6.31. The number of rotatable bonds is 6. The highest BCUT2D eigenvalue weighted by Crippen LogP contribution is 2.29. The third-order valence-corrected chi connectivity index (χ3v) is 3.88. The Morgan fingerprint density at radius 2 is 1.67 bits per heavy atom. The zero-order valence-electron chi connectivity index (χ0n) is 10.9. The quantitative estimate of drug-likeness (QED) is 0.658. The van der Waals surface area contributed by atoms with Crippen LogP contribution in [-0.2, 0) is 0 Å². The lowest BCUT2D eigenvalue weighted by Crippen LogP contribution is -2.27. The lowest BCUT2D eigenvalue weighted by atomic mass is 9.81. The van der Waals surface area contributed by atoms with Gasteiger partial charge in [0.1, 0.15) is 0 Å². The number of hydrogen-bond donors (Lipinski definition) is 1. The SMILES string of the molecule is CCC1CCC(CNCCC(C)C)CC1. The molecule has 0 atom stereocenters. The fraction of sp³-hybridized carbons (Fsp3) is 1.00. The predicted molar refractivity (Wildman–Crippen MR) is 68.1 cm³/mol. The molecule has 0 aliphatic heterocycles. The predicted octanol–water partition coefficient (Wildman–Crippen LogP) is 3.84. The molecule has 1 rings (SSSR count). The first-order chi connectivity index (χ1) is 7.22. The molecule has 0 heterocycles. The molecule has 1 aliphatic rings. The molecule has 0 radical (unpaired) electrons. The Bertz CT molecular complexity index is 145. The number of hydrogen-bond acceptors (Lipinski definition) is 1. The maximum absolute atomic E-state index is 3.62. The van der Waals surface area contributed by atoms with Crippen LogP contribution in [0.5, 0.6) is 0 Å². The van der Waals surface area contributed by atoms with Gasteiger partial charge in [0.15, 0.2) is 0 Å². The minimum Gasteiger partial charge on any atom is -0.316 e. The maximum Gasteiger partial charge on any atom is -0.00205 e. The van der Waals surface area contributed by atoms with E-state index in [-0.39, 0.29) is 0 Å². The summed E-state index contributed by atoms with van der Waals surface area (Å²) in [5.74, 6) is 2.85. The van der Waals surface area contributed by atoms with Gasteiger partial charge in [-0.15, -0.1) is 0 Å². The van der Waals surface area contributed by atoms with Crippen LogP contribution in [0, 0.1) is 17.8 Å². The van der Waals surface area contributed by atoms with Gasteiger partial charge in [-0.1, -0.05) is 40.0 Å². The molecule has 90 valence electrons. The second-order valence-electron chi connectivity index (χ2n) is 5.68. The Balaban J connectivity index is 1.99. The molecule has 15 heavy (non-hydrogen) atoms. The first kappa shape index (κ1) is 13.0. The monoisotopic (exact) mass is 211 g/mol. The molecule has 1 saturated carbocycles. The van der Waals surface area contributed by atoms with E-state index < -0.39 is 0 Å². The van der Waals surface area contributed by atoms with Crippen molar-refractivity contribution in [2.24, 2.45) is 17.8 Å². The van der Waals surface area contributed by atoms with Crippen LogP contribution in [0.1, 0.15) is 59.3 Å². The summed E-state index contributed by atoms with van der Waals surface area (Å²) in [5.41, 5.74) is 0. The highest BCUT2D eigenvalue weighted by molar-refractivity contribution is 4.73. The van der Waals surface area contributed by atoms with Crippen molar-refractivity contribution in [1.82, 2.24) is 5.32 Å². The molecular weight excluding hydrogens is 182 g/mol. The summed E-state index contributed by atoms with van der Waals surface area (Å²) < 4.78 is 0. The van der Waals surface area contributed by atoms with E-state index in [0.717, 1.165) is 17.8 Å². The highest BCUT2D eigenvalue weighted by atomic mass is 14.9. The molecule has 1 aliphatic carbocycles. The van der Waals surface area contributed by atoms with Gasteiger partial charge in [0.05, 0.1) is 0 Å². The van der Waals surface area contributed by atoms with E-state index in [1.54, 1.807) is 0 Å². The largest absolute Gasteiger partial charge is 0.316 e. The second-order valence-corrected chi connectivity index (χ2v) is 5.68. The fourth-order valence-corrected chi connectivity index (χ4v) is 2.54. The molecule has 0 aromatic heterocycles. The summed E-state index contributed by atoms with van der Waals surface area (Å²) in [5, 5.41) is 3.62. The molecule has 1 nitrogen and oxygen atoms in total. The Hall–Kier alpha value is -0.0400. The van der Waals surface area contributed by atoms with E-state index in [1.807, 2.05) is 0 Å². The summed E-state index contributed by atoms with van der Waals surface area (Å²) in [4.78, 5) is 0. The van der Waals surface area contributed by atoms with Gasteiger partial charge in [-0.05, 0) is 50.1 Å². The van der Waals surface area contributed by atoms with Crippen molar-refractivity contribution < 1.29 is 0 Å². The lowest BCUT2D eigenvalue weighted by Gasteiger charge is -2.28. The normalized spacial score (nSPS) is 27.2. The van der Waals surface area contributed by atoms with Crippen molar-refractivity contribution in [3.63, 3.8) is 0 Å². The van der Waals surface area contributed by atoms with Gasteiger partial charge < -0.3 is 5.32 Å². The fourth-order valence-electron chi connectivity index (χ4n) is 2.54. The molecule has 0 aromatic rings. The third-order valence-electron chi connectivity index (χ3n) is 3.88. The minimum absolute atomic E-state index is 0.841. The van der Waals surface area contributed by atoms with Crippen molar-refractivity contribution >= 4 is 0 Å². The van der Waals surface area contributed by atoms with Crippen molar-refractivity contribution in [3.05, 3.63) is 0 Å². The van der Waals surface area contributed by atoms with E-state index in [4.69, 9.17) is 0 Å². The van der Waals surface area contributed by atoms with Crippen molar-refractivity contribution in [2.45, 2.75) is 59.3 Å². The lowest BCUT2D eigenvalue weighted by molar-refractivity contribution is 0.262. The summed E-state index contributed by atoms with van der Waals surface area (Å²) in [6.45, 7) is 9.42. The summed E-state index contributed by atoms with van der Waals surface area (Å²) in [6.07, 6.45) is 8.61. The smallest absolute Gasteiger partial charge is 0.00205 e. The van der Waals surface area contributed by atoms with Gasteiger partial charge in [-0.2, -0.15) is 0 Å². The molecular formula is C14H29N. The van der Waals surface area contributed by atoms with Crippen LogP contribution >= 0.6 is 0 Å². The molecule has 0 unspecified atom stereocenters. The van der Waals surface area contributed by atoms with Crippen LogP contribution in [0.4, 0.5) is 0 Å². The van der Waals surface area contributed by atoms with Crippen LogP contribution in [0.25, 0.3) is 0 Å². The van der Waals surface area contributed by atoms with Crippen LogP contribution < -0.4 is 5.32 Å². The Morgan fingerprint density at radius 3 is 2.20 bits per heavy atom. The van der Waals surface area contributed by atoms with Crippen LogP contribution in [-0.4, -0.2) is 13.1 Å². The standard InChI is InChI=1S/C14H29N/c1-4-13-5-7-14(8-6-13)11-15-10-9-12(2)3/h12-15H,4-11H2,1-3H3. The first-order valence-corrected chi connectivity index (χ1v) is 6.93. The van der Waals surface area contributed by atoms with Crippen molar-refractivity contribution in [1.29, 1.82) is 0 Å². The van der Waals surface area contributed by atoms with E-state index in [1.165, 1.54) is 51.6 Å². The zero-order chi connectivity index (χ0) is 11.1. The maximum atomic E-state index is 3.62. The van der Waals surface area contributed by atoms with Crippen LogP contribution in [0.3, 0.4) is 0 Å². The van der Waals surface area contributed by atoms with Crippen molar-refractivity contribution in [2.75, 3.05) is 13.1 Å². The Morgan fingerprint density at radius 1 is 1.07 bits per heavy atom. The molecule has 1 fully saturated rings. The average molecular weight is 211 g/mol. The first-order valence-electron chi connectivity index (χ1n) is 6.93. The van der Waals surface area contributed by atoms with Crippen molar-refractivity contribution in [3.8, 4) is 0 Å². The summed E-state index contributed by atoms with van der Waals surface area (Å²) in [7, 11) is 0. The molecule has 0 saturated heterocycles. The van der Waals surface area contributed by atoms with Gasteiger partial charge in [-0.25, -0.2) is 0 Å². The molecule has 0 amide bonds. The van der Waals surface area contributed by atoms with Gasteiger partial charge in [-0.3, -0.25) is 0 Å². The van der Waals surface area contributed by atoms with E-state index in [9.17, 15) is 0 Å². The molecule has 0 spiro atoms. The number of nitrogens with one attached hydrogen (secondary N) is 1. The van der Waals surface area contributed by atoms with Gasteiger partial charge in [0, 0.05) is 0 Å². The van der Waals surface area contributed by atoms with Gasteiger partial charge >= 0.3 is 0 Å². The second kappa shape index (κ2) is 7.27. The van der Waals surface area contributed by atoms with Crippen LogP contribution in [0.2, 0.25) is 0 Å². The summed E-state index contributed by atoms with van der Waals surface area (Å²) in [6, 6.07) is 0. The molecule has 0 bridgehead atoms. The van der Waals surface area contributed by atoms with E-state index in [0.29, 0.717) is 0 Å². The van der Waals surface area contributed by atoms with E-state index >= 15 is 0 Å². The van der Waals surface area contributed by atoms with E-state index in [2.05, 4.69) is 26.1 Å². The summed E-state index contributed by atoms with van der Waals surface area (Å²) >= 11 is 0. The van der Waals surface area contributed by atoms with Gasteiger partial charge in [0.25, 0.3) is 0 Å². The average Bonchev–Trinajstić information content (AvgIpc) is 2.25. The molecule has 0 aromatic carbocycles. The minimum atomic E-state index is 0.841. The molecule has 1 N–H and O–H groups in total. The zero-order valence-corrected chi connectivity index (χ0v) is 10.9. The third kappa shape index (κ3) is 5.55.